The van der Waals surface area contributed by atoms with Crippen molar-refractivity contribution >= 4 is 5.97 Å². The smallest absolute Gasteiger partial charge is 0.343 e. The minimum Gasteiger partial charge on any atom is -0.465 e. The fourth-order valence-electron chi connectivity index (χ4n) is 2.44. The Morgan fingerprint density at radius 1 is 1.58 bits per heavy atom. The van der Waals surface area contributed by atoms with E-state index in [0.29, 0.717) is 23.6 Å². The number of ether oxygens (including phenoxy) is 2. The molecule has 0 bridgehead atoms. The highest BCUT2D eigenvalue weighted by Crippen LogP contribution is 2.31. The SMILES string of the molecule is COC(=O)c1c(C)noc1C(CO)C1CCCCO1. The zero-order valence-electron chi connectivity index (χ0n) is 11.2. The van der Waals surface area contributed by atoms with Crippen molar-refractivity contribution in [1.29, 1.82) is 0 Å². The Morgan fingerprint density at radius 2 is 2.37 bits per heavy atom. The Morgan fingerprint density at radius 3 is 2.95 bits per heavy atom. The number of hydrogen-bond acceptors (Lipinski definition) is 6. The summed E-state index contributed by atoms with van der Waals surface area (Å²) in [5.41, 5.74) is 0.770. The van der Waals surface area contributed by atoms with Crippen molar-refractivity contribution in [2.45, 2.75) is 38.2 Å². The van der Waals surface area contributed by atoms with Gasteiger partial charge in [0.2, 0.25) is 0 Å². The number of methoxy groups -OCH3 is 1. The van der Waals surface area contributed by atoms with Crippen LogP contribution in [0.5, 0.6) is 0 Å². The fraction of sp³-hybridized carbons (Fsp3) is 0.692. The van der Waals surface area contributed by atoms with E-state index in [2.05, 4.69) is 5.16 Å². The van der Waals surface area contributed by atoms with Gasteiger partial charge in [-0.05, 0) is 26.2 Å². The summed E-state index contributed by atoms with van der Waals surface area (Å²) in [6.07, 6.45) is 2.76. The van der Waals surface area contributed by atoms with Gasteiger partial charge in [-0.2, -0.15) is 0 Å². The first-order valence-electron chi connectivity index (χ1n) is 6.46. The molecule has 0 radical (unpaired) electrons. The minimum absolute atomic E-state index is 0.144. The Hall–Kier alpha value is -1.40. The molecular weight excluding hydrogens is 250 g/mol. The first-order chi connectivity index (χ1) is 9.19. The van der Waals surface area contributed by atoms with Crippen LogP contribution in [0.25, 0.3) is 0 Å². The second-order valence-electron chi connectivity index (χ2n) is 4.69. The molecule has 2 atom stereocenters. The number of carbonyl (C=O) groups excluding carboxylic acids is 1. The molecule has 1 N–H and O–H groups in total. The molecule has 1 aliphatic heterocycles. The van der Waals surface area contributed by atoms with E-state index in [0.717, 1.165) is 19.3 Å². The molecule has 0 spiro atoms. The summed E-state index contributed by atoms with van der Waals surface area (Å²) in [5, 5.41) is 13.4. The summed E-state index contributed by atoms with van der Waals surface area (Å²) in [5.74, 6) is -0.516. The molecule has 1 saturated heterocycles. The maximum atomic E-state index is 11.8. The van der Waals surface area contributed by atoms with Gasteiger partial charge in [-0.25, -0.2) is 4.79 Å². The van der Waals surface area contributed by atoms with Crippen molar-refractivity contribution in [3.05, 3.63) is 17.0 Å². The lowest BCUT2D eigenvalue weighted by molar-refractivity contribution is -0.0184. The van der Waals surface area contributed by atoms with Crippen LogP contribution in [0.1, 0.15) is 47.0 Å². The van der Waals surface area contributed by atoms with Gasteiger partial charge >= 0.3 is 5.97 Å². The lowest BCUT2D eigenvalue weighted by atomic mass is 9.91. The monoisotopic (exact) mass is 269 g/mol. The molecule has 1 aliphatic rings. The second-order valence-corrected chi connectivity index (χ2v) is 4.69. The van der Waals surface area contributed by atoms with Crippen molar-refractivity contribution in [1.82, 2.24) is 5.16 Å². The number of aryl methyl sites for hydroxylation is 1. The molecule has 1 aromatic rings. The molecule has 2 rings (SSSR count). The molecule has 1 fully saturated rings. The Labute approximate surface area is 111 Å². The van der Waals surface area contributed by atoms with Gasteiger partial charge in [0.05, 0.1) is 31.4 Å². The molecule has 2 unspecified atom stereocenters. The highest BCUT2D eigenvalue weighted by Gasteiger charge is 2.34. The van der Waals surface area contributed by atoms with Crippen LogP contribution in [0.2, 0.25) is 0 Å². The van der Waals surface area contributed by atoms with Gasteiger partial charge in [0.1, 0.15) is 5.56 Å². The zero-order chi connectivity index (χ0) is 13.8. The largest absolute Gasteiger partial charge is 0.465 e. The Balaban J connectivity index is 2.29. The van der Waals surface area contributed by atoms with Gasteiger partial charge in [0, 0.05) is 6.61 Å². The van der Waals surface area contributed by atoms with E-state index in [1.165, 1.54) is 7.11 Å². The predicted octanol–water partition coefficient (Wildman–Crippen LogP) is 1.41. The first kappa shape index (κ1) is 14.0. The average Bonchev–Trinajstić information content (AvgIpc) is 2.82. The molecule has 0 aliphatic carbocycles. The van der Waals surface area contributed by atoms with E-state index in [-0.39, 0.29) is 18.6 Å². The van der Waals surface area contributed by atoms with Gasteiger partial charge in [0.15, 0.2) is 5.76 Å². The summed E-state index contributed by atoms with van der Waals surface area (Å²) in [6.45, 7) is 2.19. The normalized spacial score (nSPS) is 21.1. The molecule has 0 saturated carbocycles. The van der Waals surface area contributed by atoms with E-state index in [1.807, 2.05) is 0 Å². The standard InChI is InChI=1S/C13H19NO5/c1-8-11(13(16)17-2)12(19-14-8)9(7-15)10-5-3-4-6-18-10/h9-10,15H,3-7H2,1-2H3. The van der Waals surface area contributed by atoms with Crippen LogP contribution >= 0.6 is 0 Å². The summed E-state index contributed by atoms with van der Waals surface area (Å²) < 4.78 is 15.6. The van der Waals surface area contributed by atoms with Crippen LogP contribution in [0.4, 0.5) is 0 Å². The lowest BCUT2D eigenvalue weighted by Gasteiger charge is -2.28. The predicted molar refractivity (Wildman–Crippen MR) is 66.0 cm³/mol. The number of aliphatic hydroxyl groups excluding tert-OH is 1. The quantitative estimate of drug-likeness (QED) is 0.832. The summed E-state index contributed by atoms with van der Waals surface area (Å²) in [4.78, 5) is 11.8. The maximum Gasteiger partial charge on any atom is 0.343 e. The van der Waals surface area contributed by atoms with Crippen LogP contribution in [-0.2, 0) is 9.47 Å². The molecule has 0 amide bonds. The highest BCUT2D eigenvalue weighted by molar-refractivity contribution is 5.91. The van der Waals surface area contributed by atoms with Crippen LogP contribution in [-0.4, -0.2) is 42.7 Å². The Kier molecular flexibility index (Phi) is 4.55. The third-order valence-corrected chi connectivity index (χ3v) is 3.48. The number of esters is 1. The lowest BCUT2D eigenvalue weighted by Crippen LogP contribution is -2.29. The van der Waals surface area contributed by atoms with Crippen LogP contribution in [0.3, 0.4) is 0 Å². The molecular formula is C13H19NO5. The molecule has 0 aromatic carbocycles. The third-order valence-electron chi connectivity index (χ3n) is 3.48. The van der Waals surface area contributed by atoms with E-state index in [1.54, 1.807) is 6.92 Å². The van der Waals surface area contributed by atoms with Crippen LogP contribution in [0.15, 0.2) is 4.52 Å². The summed E-state index contributed by atoms with van der Waals surface area (Å²) >= 11 is 0. The first-order valence-corrected chi connectivity index (χ1v) is 6.46. The van der Waals surface area contributed by atoms with E-state index < -0.39 is 5.97 Å². The minimum atomic E-state index is -0.497. The van der Waals surface area contributed by atoms with Crippen molar-refractivity contribution in [2.75, 3.05) is 20.3 Å². The van der Waals surface area contributed by atoms with E-state index >= 15 is 0 Å². The second kappa shape index (κ2) is 6.16. The zero-order valence-corrected chi connectivity index (χ0v) is 11.2. The van der Waals surface area contributed by atoms with E-state index in [9.17, 15) is 9.90 Å². The molecule has 19 heavy (non-hydrogen) atoms. The van der Waals surface area contributed by atoms with Crippen molar-refractivity contribution < 1.29 is 23.9 Å². The summed E-state index contributed by atoms with van der Waals surface area (Å²) in [7, 11) is 1.31. The van der Waals surface area contributed by atoms with Crippen molar-refractivity contribution in [3.8, 4) is 0 Å². The highest BCUT2D eigenvalue weighted by atomic mass is 16.5. The number of aliphatic hydroxyl groups is 1. The number of carbonyl (C=O) groups is 1. The molecule has 6 heteroatoms. The fourth-order valence-corrected chi connectivity index (χ4v) is 2.44. The van der Waals surface area contributed by atoms with Gasteiger partial charge in [-0.3, -0.25) is 0 Å². The van der Waals surface area contributed by atoms with Crippen LogP contribution < -0.4 is 0 Å². The van der Waals surface area contributed by atoms with Crippen LogP contribution in [0, 0.1) is 6.92 Å². The van der Waals surface area contributed by atoms with Gasteiger partial charge in [-0.1, -0.05) is 5.16 Å². The molecule has 2 heterocycles. The maximum absolute atomic E-state index is 11.8. The summed E-state index contributed by atoms with van der Waals surface area (Å²) in [6, 6.07) is 0. The average molecular weight is 269 g/mol. The Bertz CT molecular complexity index is 436. The number of nitrogens with zero attached hydrogens (tertiary/aromatic N) is 1. The van der Waals surface area contributed by atoms with E-state index in [4.69, 9.17) is 14.0 Å². The molecule has 6 nitrogen and oxygen atoms in total. The van der Waals surface area contributed by atoms with Gasteiger partial charge in [-0.15, -0.1) is 0 Å². The van der Waals surface area contributed by atoms with Gasteiger partial charge < -0.3 is 19.1 Å². The van der Waals surface area contributed by atoms with Crippen molar-refractivity contribution in [2.24, 2.45) is 0 Å². The number of rotatable bonds is 4. The topological polar surface area (TPSA) is 81.8 Å². The van der Waals surface area contributed by atoms with Gasteiger partial charge in [0.25, 0.3) is 0 Å². The number of aromatic nitrogens is 1. The molecule has 106 valence electrons. The molecule has 1 aromatic heterocycles. The third kappa shape index (κ3) is 2.79. The van der Waals surface area contributed by atoms with Crippen molar-refractivity contribution in [3.63, 3.8) is 0 Å². The number of hydrogen-bond donors (Lipinski definition) is 1.